The molecule has 13 heteroatoms. The molecule has 0 aromatic carbocycles. The van der Waals surface area contributed by atoms with Crippen molar-refractivity contribution < 1.29 is 22.9 Å². The summed E-state index contributed by atoms with van der Waals surface area (Å²) in [5.41, 5.74) is 0. The molecular weight excluding hydrogens is 834 g/mol. The third kappa shape index (κ3) is 9.93. The molecule has 0 spiro atoms. The quantitative estimate of drug-likeness (QED) is 0.322. The molecule has 0 bridgehead atoms. The molecule has 0 saturated heterocycles. The van der Waals surface area contributed by atoms with Gasteiger partial charge in [0, 0.05) is 0 Å². The van der Waals surface area contributed by atoms with E-state index < -0.39 is 40.7 Å². The Kier molecular flexibility index (Phi) is 13.5. The van der Waals surface area contributed by atoms with Crippen LogP contribution in [-0.2, 0) is 22.9 Å². The number of hydrogen-bond donors (Lipinski definition) is 0. The van der Waals surface area contributed by atoms with Crippen LogP contribution >= 0.6 is 95.6 Å². The van der Waals surface area contributed by atoms with Gasteiger partial charge in [-0.2, -0.15) is 0 Å². The van der Waals surface area contributed by atoms with Crippen molar-refractivity contribution in [1.82, 2.24) is 0 Å². The number of carbonyl (C=O) groups is 3. The monoisotopic (exact) mass is 837 g/mol. The minimum absolute atomic E-state index is 0.0823. The number of carbonyl (C=O) groups excluding carboxylic acids is 3. The van der Waals surface area contributed by atoms with Crippen molar-refractivity contribution >= 4 is 136 Å². The molecule has 25 heavy (non-hydrogen) atoms. The molecule has 0 radical (unpaired) electrons. The van der Waals surface area contributed by atoms with Crippen LogP contribution in [0.15, 0.2) is 26.9 Å². The second kappa shape index (κ2) is 12.8. The van der Waals surface area contributed by atoms with Gasteiger partial charge in [-0.15, -0.1) is 0 Å². The summed E-state index contributed by atoms with van der Waals surface area (Å²) in [5, 5.41) is 0. The molecule has 0 rings (SSSR count). The average Bonchev–Trinajstić information content (AvgIpc) is 2.51. The summed E-state index contributed by atoms with van der Waals surface area (Å²) in [6, 6.07) is 0. The van der Waals surface area contributed by atoms with Gasteiger partial charge in [-0.05, 0) is 0 Å². The van der Waals surface area contributed by atoms with Gasteiger partial charge in [-0.25, -0.2) is 0 Å². The van der Waals surface area contributed by atoms with E-state index in [1.54, 1.807) is 20.8 Å². The van der Waals surface area contributed by atoms with Gasteiger partial charge in [0.2, 0.25) is 0 Å². The zero-order valence-electron chi connectivity index (χ0n) is 12.8. The van der Waals surface area contributed by atoms with Crippen LogP contribution in [0, 0.1) is 0 Å². The van der Waals surface area contributed by atoms with E-state index in [9.17, 15) is 14.4 Å². The summed E-state index contributed by atoms with van der Waals surface area (Å²) in [6.45, 7) is 4.82. The molecule has 0 fully saturated rings. The maximum absolute atomic E-state index is 12.0. The first-order valence-corrected chi connectivity index (χ1v) is 14.9. The Labute approximate surface area is 204 Å². The Balaban J connectivity index is 5.46. The normalized spacial score (nSPS) is 13.8. The first-order valence-electron chi connectivity index (χ1n) is 6.07. The van der Waals surface area contributed by atoms with Gasteiger partial charge in [-0.1, -0.05) is 0 Å². The molecule has 0 heterocycles. The summed E-state index contributed by atoms with van der Waals surface area (Å²) in [5.74, 6) is -2.45. The molecule has 0 unspecified atom stereocenters. The fraction of sp³-hybridized carbons (Fsp3) is 0.250. The SMILES string of the molecule is C/C(Br)=C(\Br)C(=O)[O][In]([O]C(=O)/C(Br)=C(/C)Br)[O]C(=O)/C(Br)=C(/C)Br. The fourth-order valence-corrected chi connectivity index (χ4v) is 6.07. The van der Waals surface area contributed by atoms with E-state index in [-0.39, 0.29) is 13.4 Å². The van der Waals surface area contributed by atoms with Gasteiger partial charge in [-0.3, -0.25) is 0 Å². The Hall–Kier alpha value is 1.38. The van der Waals surface area contributed by atoms with Crippen LogP contribution in [-0.4, -0.2) is 40.7 Å². The molecule has 0 aliphatic carbocycles. The van der Waals surface area contributed by atoms with E-state index in [0.29, 0.717) is 13.4 Å². The van der Waals surface area contributed by atoms with Crippen molar-refractivity contribution in [3.63, 3.8) is 0 Å². The van der Waals surface area contributed by atoms with Crippen molar-refractivity contribution in [1.29, 1.82) is 0 Å². The molecule has 0 atom stereocenters. The minimum atomic E-state index is -4.32. The average molecular weight is 843 g/mol. The van der Waals surface area contributed by atoms with Crippen molar-refractivity contribution in [3.8, 4) is 0 Å². The molecule has 0 aromatic heterocycles. The predicted molar refractivity (Wildman–Crippen MR) is 116 cm³/mol. The first kappa shape index (κ1) is 26.4. The number of halogens is 6. The fourth-order valence-electron chi connectivity index (χ4n) is 0.911. The Morgan fingerprint density at radius 1 is 0.560 bits per heavy atom. The van der Waals surface area contributed by atoms with E-state index >= 15 is 0 Å². The summed E-state index contributed by atoms with van der Waals surface area (Å²) in [4.78, 5) is 36.0. The van der Waals surface area contributed by atoms with Gasteiger partial charge in [0.15, 0.2) is 0 Å². The molecule has 6 nitrogen and oxygen atoms in total. The zero-order chi connectivity index (χ0) is 19.9. The Morgan fingerprint density at radius 2 is 0.760 bits per heavy atom. The molecule has 0 aliphatic heterocycles. The Morgan fingerprint density at radius 3 is 0.920 bits per heavy atom. The molecule has 0 amide bonds. The van der Waals surface area contributed by atoms with Gasteiger partial charge in [0.25, 0.3) is 0 Å². The van der Waals surface area contributed by atoms with E-state index in [4.69, 9.17) is 8.56 Å². The van der Waals surface area contributed by atoms with Gasteiger partial charge < -0.3 is 0 Å². The summed E-state index contributed by atoms with van der Waals surface area (Å²) < 4.78 is 17.0. The van der Waals surface area contributed by atoms with E-state index in [0.717, 1.165) is 0 Å². The van der Waals surface area contributed by atoms with Crippen LogP contribution in [0.25, 0.3) is 0 Å². The second-order valence-electron chi connectivity index (χ2n) is 4.05. The van der Waals surface area contributed by atoms with Crippen LogP contribution in [0.5, 0.6) is 0 Å². The zero-order valence-corrected chi connectivity index (χ0v) is 25.6. The van der Waals surface area contributed by atoms with Crippen molar-refractivity contribution in [2.75, 3.05) is 0 Å². The number of rotatable bonds is 6. The van der Waals surface area contributed by atoms with Crippen LogP contribution < -0.4 is 0 Å². The number of hydrogen-bond acceptors (Lipinski definition) is 6. The molecule has 138 valence electrons. The van der Waals surface area contributed by atoms with Gasteiger partial charge in [0.1, 0.15) is 0 Å². The predicted octanol–water partition coefficient (Wildman–Crippen LogP) is 5.66. The van der Waals surface area contributed by atoms with E-state index in [1.807, 2.05) is 0 Å². The van der Waals surface area contributed by atoms with Crippen molar-refractivity contribution in [2.24, 2.45) is 0 Å². The van der Waals surface area contributed by atoms with Gasteiger partial charge >= 0.3 is 207 Å². The number of allylic oxidation sites excluding steroid dienone is 3. The first-order chi connectivity index (χ1) is 11.4. The topological polar surface area (TPSA) is 78.9 Å². The Bertz CT molecular complexity index is 569. The van der Waals surface area contributed by atoms with E-state index in [1.165, 1.54) is 0 Å². The van der Waals surface area contributed by atoms with Crippen molar-refractivity contribution in [2.45, 2.75) is 20.8 Å². The van der Waals surface area contributed by atoms with Gasteiger partial charge in [0.05, 0.1) is 0 Å². The summed E-state index contributed by atoms with van der Waals surface area (Å²) in [6.07, 6.45) is 0. The maximum atomic E-state index is 12.0. The van der Waals surface area contributed by atoms with Crippen LogP contribution in [0.3, 0.4) is 0 Å². The van der Waals surface area contributed by atoms with Crippen molar-refractivity contribution in [3.05, 3.63) is 26.9 Å². The molecule has 0 aromatic rings. The van der Waals surface area contributed by atoms with Crippen LogP contribution in [0.1, 0.15) is 20.8 Å². The van der Waals surface area contributed by atoms with Crippen LogP contribution in [0.2, 0.25) is 0 Å². The summed E-state index contributed by atoms with van der Waals surface area (Å²) in [7, 11) is 0. The second-order valence-corrected chi connectivity index (χ2v) is 13.7. The summed E-state index contributed by atoms with van der Waals surface area (Å²) >= 11 is 14.1. The molecule has 0 N–H and O–H groups in total. The third-order valence-corrected chi connectivity index (χ3v) is 11.1. The van der Waals surface area contributed by atoms with Crippen LogP contribution in [0.4, 0.5) is 0 Å². The third-order valence-electron chi connectivity index (χ3n) is 2.05. The standard InChI is InChI=1S/3C4H4Br2O2.In/c3*1-2(5)3(6)4(7)8;/h3*1H3,(H,7,8);/q;;;+3/p-3/b3*3-2+;. The molecule has 0 aliphatic rings. The molecular formula is C12H9Br6InO6. The van der Waals surface area contributed by atoms with E-state index in [2.05, 4.69) is 95.6 Å². The molecule has 0 saturated carbocycles.